The van der Waals surface area contributed by atoms with Gasteiger partial charge in [-0.15, -0.1) is 0 Å². The van der Waals surface area contributed by atoms with Crippen LogP contribution in [0.15, 0.2) is 0 Å². The topological polar surface area (TPSA) is 9.23 Å². The Labute approximate surface area is 361 Å². The first-order valence-corrected chi connectivity index (χ1v) is 24.7. The molecule has 4 rings (SSSR count). The van der Waals surface area contributed by atoms with E-state index in [1.54, 1.807) is 0 Å². The third kappa shape index (κ3) is 30.9. The van der Waals surface area contributed by atoms with Crippen LogP contribution in [0.3, 0.4) is 0 Å². The van der Waals surface area contributed by atoms with Gasteiger partial charge in [0, 0.05) is 5.41 Å². The molecule has 0 aromatic rings. The monoisotopic (exact) mass is 795 g/mol. The summed E-state index contributed by atoms with van der Waals surface area (Å²) in [6.07, 6.45) is 14.5. The quantitative estimate of drug-likeness (QED) is 0.249. The molecule has 1 aliphatic heterocycles. The van der Waals surface area contributed by atoms with Crippen molar-refractivity contribution in [3.05, 3.63) is 0 Å². The van der Waals surface area contributed by atoms with Gasteiger partial charge < -0.3 is 4.74 Å². The van der Waals surface area contributed by atoms with E-state index >= 15 is 0 Å². The third-order valence-corrected chi connectivity index (χ3v) is 15.9. The summed E-state index contributed by atoms with van der Waals surface area (Å²) in [5, 5.41) is 0. The summed E-state index contributed by atoms with van der Waals surface area (Å²) in [5.74, 6) is 8.56. The molecule has 3 saturated carbocycles. The number of hydrogen-bond donors (Lipinski definition) is 0. The molecule has 4 aliphatic rings. The van der Waals surface area contributed by atoms with Gasteiger partial charge in [-0.1, -0.05) is 220 Å². The smallest absolute Gasteiger partial charge is 0.0544 e. The van der Waals surface area contributed by atoms with E-state index < -0.39 is 0 Å². The molecule has 344 valence electrons. The molecule has 1 heteroatoms. The summed E-state index contributed by atoms with van der Waals surface area (Å²) < 4.78 is 5.10. The average Bonchev–Trinajstić information content (AvgIpc) is 3.64. The van der Waals surface area contributed by atoms with Gasteiger partial charge in [-0.2, -0.15) is 0 Å². The van der Waals surface area contributed by atoms with Crippen LogP contribution in [-0.4, -0.2) is 13.2 Å². The lowest BCUT2D eigenvalue weighted by Gasteiger charge is -2.42. The van der Waals surface area contributed by atoms with Crippen LogP contribution in [0.25, 0.3) is 0 Å². The fourth-order valence-electron chi connectivity index (χ4n) is 4.60. The van der Waals surface area contributed by atoms with E-state index in [4.69, 9.17) is 4.74 Å². The van der Waals surface area contributed by atoms with E-state index in [2.05, 4.69) is 194 Å². The molecule has 0 spiro atoms. The molecule has 1 heterocycles. The molecule has 0 unspecified atom stereocenters. The van der Waals surface area contributed by atoms with Gasteiger partial charge in [0.2, 0.25) is 0 Å². The van der Waals surface area contributed by atoms with Crippen LogP contribution >= 0.6 is 0 Å². The zero-order valence-electron chi connectivity index (χ0n) is 45.2. The van der Waals surface area contributed by atoms with Crippen LogP contribution in [0.2, 0.25) is 0 Å². The molecule has 4 fully saturated rings. The number of ether oxygens (including phenoxy) is 1. The van der Waals surface area contributed by atoms with Crippen molar-refractivity contribution >= 4 is 0 Å². The summed E-state index contributed by atoms with van der Waals surface area (Å²) in [7, 11) is 0. The highest BCUT2D eigenvalue weighted by Gasteiger charge is 2.40. The molecule has 0 aromatic heterocycles. The second-order valence-electron chi connectivity index (χ2n) is 24.6. The molecular weight excluding hydrogens is 677 g/mol. The Bertz CT molecular complexity index is 798. The Morgan fingerprint density at radius 1 is 0.393 bits per heavy atom. The Morgan fingerprint density at radius 2 is 0.607 bits per heavy atom. The van der Waals surface area contributed by atoms with Crippen molar-refractivity contribution in [1.82, 2.24) is 0 Å². The summed E-state index contributed by atoms with van der Waals surface area (Å²) in [6.45, 7) is 65.8. The second kappa shape index (κ2) is 30.1. The Hall–Kier alpha value is -0.0400. The molecule has 1 saturated heterocycles. The maximum absolute atomic E-state index is 5.10. The van der Waals surface area contributed by atoms with Crippen LogP contribution in [0.4, 0.5) is 0 Å². The summed E-state index contributed by atoms with van der Waals surface area (Å²) in [6, 6.07) is 0. The van der Waals surface area contributed by atoms with Crippen molar-refractivity contribution in [3.8, 4) is 0 Å². The van der Waals surface area contributed by atoms with Gasteiger partial charge in [-0.05, 0) is 119 Å². The highest BCUT2D eigenvalue weighted by atomic mass is 16.5. The van der Waals surface area contributed by atoms with Crippen molar-refractivity contribution in [1.29, 1.82) is 0 Å². The van der Waals surface area contributed by atoms with E-state index in [9.17, 15) is 0 Å². The molecule has 3 aliphatic carbocycles. The normalized spacial score (nSPS) is 19.4. The van der Waals surface area contributed by atoms with Crippen molar-refractivity contribution in [2.24, 2.45) is 86.3 Å². The Kier molecular flexibility index (Phi) is 33.6. The van der Waals surface area contributed by atoms with Gasteiger partial charge >= 0.3 is 0 Å². The molecule has 0 aromatic carbocycles. The maximum atomic E-state index is 5.10. The molecule has 0 radical (unpaired) electrons. The van der Waals surface area contributed by atoms with E-state index in [1.165, 1.54) is 64.2 Å². The van der Waals surface area contributed by atoms with E-state index in [0.717, 1.165) is 83.2 Å². The van der Waals surface area contributed by atoms with Crippen LogP contribution in [-0.2, 0) is 4.74 Å². The average molecular weight is 796 g/mol. The first-order valence-electron chi connectivity index (χ1n) is 24.7. The molecule has 1 nitrogen and oxygen atoms in total. The molecule has 0 bridgehead atoms. The summed E-state index contributed by atoms with van der Waals surface area (Å²) >= 11 is 0. The minimum absolute atomic E-state index is 0.500. The molecule has 0 N–H and O–H groups in total. The molecule has 0 amide bonds. The molecule has 56 heavy (non-hydrogen) atoms. The van der Waals surface area contributed by atoms with Crippen LogP contribution in [0.5, 0.6) is 0 Å². The lowest BCUT2D eigenvalue weighted by molar-refractivity contribution is -0.126. The van der Waals surface area contributed by atoms with Gasteiger partial charge in [0.15, 0.2) is 0 Å². The fourth-order valence-corrected chi connectivity index (χ4v) is 4.60. The fraction of sp³-hybridized carbons (Fsp3) is 1.00. The highest BCUT2D eigenvalue weighted by Crippen LogP contribution is 2.51. The zero-order chi connectivity index (χ0) is 45.5. The van der Waals surface area contributed by atoms with Gasteiger partial charge in [0.05, 0.1) is 13.2 Å². The van der Waals surface area contributed by atoms with Crippen molar-refractivity contribution < 1.29 is 4.74 Å². The maximum Gasteiger partial charge on any atom is 0.0544 e. The Morgan fingerprint density at radius 3 is 0.643 bits per heavy atom. The van der Waals surface area contributed by atoms with Crippen LogP contribution in [0, 0.1) is 86.3 Å². The van der Waals surface area contributed by atoms with Gasteiger partial charge in [0.1, 0.15) is 0 Å². The Balaban J connectivity index is -0.000000278. The molecule has 0 atom stereocenters. The number of rotatable bonds is 7. The minimum Gasteiger partial charge on any atom is -0.380 e. The van der Waals surface area contributed by atoms with E-state index in [1.807, 2.05) is 0 Å². The van der Waals surface area contributed by atoms with Gasteiger partial charge in [0.25, 0.3) is 0 Å². The largest absolute Gasteiger partial charge is 0.380 e. The molecular formula is C55H118O. The van der Waals surface area contributed by atoms with Crippen LogP contribution < -0.4 is 0 Å². The highest BCUT2D eigenvalue weighted by molar-refractivity contribution is 4.90. The minimum atomic E-state index is 0.500. The first kappa shape index (κ1) is 62.6. The van der Waals surface area contributed by atoms with E-state index in [0.29, 0.717) is 16.2 Å². The second-order valence-corrected chi connectivity index (χ2v) is 24.6. The van der Waals surface area contributed by atoms with Gasteiger partial charge in [-0.25, -0.2) is 0 Å². The van der Waals surface area contributed by atoms with Gasteiger partial charge in [-0.3, -0.25) is 0 Å². The SMILES string of the molecule is CC(C)C(C)(C)C.CC(C)C(C)C.CC(C)C(C)C.CC(C)C1(C)CC1.CC(C)C1(C)CCC1.CC(C)C1(C)CCCC1.CC(C)C1(C)COC1.CCC(C)C. The zero-order valence-corrected chi connectivity index (χ0v) is 45.2. The van der Waals surface area contributed by atoms with Crippen molar-refractivity contribution in [3.63, 3.8) is 0 Å². The van der Waals surface area contributed by atoms with Crippen molar-refractivity contribution in [2.45, 2.75) is 258 Å². The predicted octanol–water partition coefficient (Wildman–Crippen LogP) is 19.5. The standard InChI is InChI=1S/C9H18.C8H16.C7H14O.C7H14.C7H16.2C6H14.C5H12/c1-8(2)9(3)6-4-5-7-9;1-7(2)8(3)5-4-6-8;1-6(2)7(3)4-8-5-7;1-6(2)7(3)4-5-7;1-6(2)7(3,4)5;2*1-5(2)6(3)4;1-4-5(2)3/h8H,4-7H2,1-3H3;7H,4-6H2,1-3H3;6H,4-5H2,1-3H3;6H,4-5H2,1-3H3;6H,1-5H3;2*5-6H,1-4H3;5H,4H2,1-3H3. The van der Waals surface area contributed by atoms with E-state index in [-0.39, 0.29) is 0 Å². The number of hydrogen-bond acceptors (Lipinski definition) is 1. The predicted molar refractivity (Wildman–Crippen MR) is 263 cm³/mol. The van der Waals surface area contributed by atoms with Crippen molar-refractivity contribution in [2.75, 3.05) is 13.2 Å². The third-order valence-electron chi connectivity index (χ3n) is 15.9. The summed E-state index contributed by atoms with van der Waals surface area (Å²) in [4.78, 5) is 0. The van der Waals surface area contributed by atoms with Crippen LogP contribution in [0.1, 0.15) is 258 Å². The first-order chi connectivity index (χ1) is 25.1. The lowest BCUT2D eigenvalue weighted by Crippen LogP contribution is -2.43. The lowest BCUT2D eigenvalue weighted by atomic mass is 9.64. The summed E-state index contributed by atoms with van der Waals surface area (Å²) in [5.41, 5.74) is 3.17.